The van der Waals surface area contributed by atoms with E-state index in [2.05, 4.69) is 9.71 Å². The van der Waals surface area contributed by atoms with E-state index < -0.39 is 10.0 Å². The molecule has 0 saturated carbocycles. The fourth-order valence-electron chi connectivity index (χ4n) is 1.98. The summed E-state index contributed by atoms with van der Waals surface area (Å²) in [5, 5.41) is 1.23. The largest absolute Gasteiger partial charge is 0.263 e. The van der Waals surface area contributed by atoms with Crippen molar-refractivity contribution in [3.8, 4) is 0 Å². The number of sulfonamides is 1. The van der Waals surface area contributed by atoms with Gasteiger partial charge in [0.1, 0.15) is 5.82 Å². The number of fused-ring (bicyclic) bond motifs is 1. The topological polar surface area (TPSA) is 59.1 Å². The van der Waals surface area contributed by atoms with Crippen molar-refractivity contribution in [2.24, 2.45) is 0 Å². The Kier molecular flexibility index (Phi) is 3.53. The van der Waals surface area contributed by atoms with E-state index in [1.54, 1.807) is 24.3 Å². The molecule has 0 aliphatic rings. The second kappa shape index (κ2) is 5.35. The first kappa shape index (κ1) is 13.9. The molecule has 0 saturated heterocycles. The number of nitrogens with zero attached hydrogens (tertiary/aromatic N) is 1. The van der Waals surface area contributed by atoms with Crippen LogP contribution in [0.5, 0.6) is 0 Å². The highest BCUT2D eigenvalue weighted by Gasteiger charge is 2.15. The Bertz CT molecular complexity index is 896. The highest BCUT2D eigenvalue weighted by Crippen LogP contribution is 2.26. The highest BCUT2D eigenvalue weighted by molar-refractivity contribution is 7.92. The summed E-state index contributed by atoms with van der Waals surface area (Å²) < 4.78 is 27.0. The van der Waals surface area contributed by atoms with Crippen LogP contribution in [-0.4, -0.2) is 13.4 Å². The summed E-state index contributed by atoms with van der Waals surface area (Å²) in [5.74, 6) is 0.197. The monoisotopic (exact) mass is 318 g/mol. The third-order valence-electron chi connectivity index (χ3n) is 2.96. The first-order valence-corrected chi connectivity index (χ1v) is 8.05. The van der Waals surface area contributed by atoms with Gasteiger partial charge in [0.05, 0.1) is 15.4 Å². The third kappa shape index (κ3) is 2.84. The molecule has 21 heavy (non-hydrogen) atoms. The van der Waals surface area contributed by atoms with Crippen molar-refractivity contribution in [1.82, 2.24) is 4.98 Å². The number of hydrogen-bond donors (Lipinski definition) is 1. The average Bonchev–Trinajstić information content (AvgIpc) is 2.48. The van der Waals surface area contributed by atoms with Crippen molar-refractivity contribution in [2.75, 3.05) is 4.72 Å². The van der Waals surface area contributed by atoms with E-state index in [-0.39, 0.29) is 10.7 Å². The van der Waals surface area contributed by atoms with Crippen molar-refractivity contribution >= 4 is 38.3 Å². The summed E-state index contributed by atoms with van der Waals surface area (Å²) in [6.07, 6.45) is 0. The standard InChI is InChI=1S/C15H11ClN2O2S/c16-13-10-15(17-14-9-5-4-8-12(13)14)18-21(19,20)11-6-2-1-3-7-11/h1-10H,(H,17,18). The number of halogens is 1. The molecule has 0 bridgehead atoms. The summed E-state index contributed by atoms with van der Waals surface area (Å²) in [6.45, 7) is 0. The number of aromatic nitrogens is 1. The Labute approximate surface area is 127 Å². The molecule has 1 heterocycles. The van der Waals surface area contributed by atoms with Gasteiger partial charge in [-0.2, -0.15) is 0 Å². The Balaban J connectivity index is 2.02. The van der Waals surface area contributed by atoms with Crippen LogP contribution in [0.3, 0.4) is 0 Å². The Morgan fingerprint density at radius 1 is 0.952 bits per heavy atom. The van der Waals surface area contributed by atoms with Crippen LogP contribution in [0.25, 0.3) is 10.9 Å². The molecule has 0 unspecified atom stereocenters. The first-order valence-electron chi connectivity index (χ1n) is 6.19. The minimum atomic E-state index is -3.67. The van der Waals surface area contributed by atoms with Crippen molar-refractivity contribution in [3.05, 3.63) is 65.7 Å². The highest BCUT2D eigenvalue weighted by atomic mass is 35.5. The van der Waals surface area contributed by atoms with Crippen molar-refractivity contribution in [2.45, 2.75) is 4.90 Å². The Morgan fingerprint density at radius 2 is 1.62 bits per heavy atom. The molecule has 1 aromatic heterocycles. The summed E-state index contributed by atoms with van der Waals surface area (Å²) in [4.78, 5) is 4.45. The second-order valence-electron chi connectivity index (χ2n) is 4.43. The van der Waals surface area contributed by atoms with Gasteiger partial charge in [0.25, 0.3) is 10.0 Å². The number of anilines is 1. The molecule has 0 radical (unpaired) electrons. The summed E-state index contributed by atoms with van der Waals surface area (Å²) in [6, 6.07) is 16.9. The molecule has 0 atom stereocenters. The average molecular weight is 319 g/mol. The van der Waals surface area contributed by atoms with E-state index >= 15 is 0 Å². The Morgan fingerprint density at radius 3 is 2.38 bits per heavy atom. The molecule has 2 aromatic carbocycles. The van der Waals surface area contributed by atoms with E-state index in [4.69, 9.17) is 11.6 Å². The fourth-order valence-corrected chi connectivity index (χ4v) is 3.26. The van der Waals surface area contributed by atoms with E-state index in [1.807, 2.05) is 18.2 Å². The number of pyridine rings is 1. The van der Waals surface area contributed by atoms with E-state index in [0.717, 1.165) is 5.39 Å². The van der Waals surface area contributed by atoms with Crippen LogP contribution >= 0.6 is 11.6 Å². The lowest BCUT2D eigenvalue weighted by molar-refractivity contribution is 0.601. The van der Waals surface area contributed by atoms with Gasteiger partial charge in [-0.15, -0.1) is 0 Å². The van der Waals surface area contributed by atoms with Crippen LogP contribution in [0.15, 0.2) is 65.6 Å². The maximum atomic E-state index is 12.3. The van der Waals surface area contributed by atoms with E-state index in [1.165, 1.54) is 18.2 Å². The molecule has 0 amide bonds. The minimum absolute atomic E-state index is 0.177. The number of hydrogen-bond acceptors (Lipinski definition) is 3. The molecule has 4 nitrogen and oxygen atoms in total. The maximum absolute atomic E-state index is 12.3. The smallest absolute Gasteiger partial charge is 0.263 e. The summed E-state index contributed by atoms with van der Waals surface area (Å²) >= 11 is 6.16. The van der Waals surface area contributed by atoms with Crippen LogP contribution < -0.4 is 4.72 Å². The van der Waals surface area contributed by atoms with E-state index in [0.29, 0.717) is 10.5 Å². The number of rotatable bonds is 3. The zero-order valence-corrected chi connectivity index (χ0v) is 12.4. The predicted octanol–water partition coefficient (Wildman–Crippen LogP) is 3.69. The molecular formula is C15H11ClN2O2S. The van der Waals surface area contributed by atoms with Gasteiger partial charge in [-0.1, -0.05) is 48.0 Å². The van der Waals surface area contributed by atoms with Gasteiger partial charge < -0.3 is 0 Å². The lowest BCUT2D eigenvalue weighted by atomic mass is 10.2. The lowest BCUT2D eigenvalue weighted by Gasteiger charge is -2.09. The second-order valence-corrected chi connectivity index (χ2v) is 6.51. The molecule has 106 valence electrons. The predicted molar refractivity (Wildman–Crippen MR) is 84.0 cm³/mol. The third-order valence-corrected chi connectivity index (χ3v) is 4.64. The summed E-state index contributed by atoms with van der Waals surface area (Å²) in [5.41, 5.74) is 0.635. The van der Waals surface area contributed by atoms with Crippen LogP contribution in [0.4, 0.5) is 5.82 Å². The number of nitrogens with one attached hydrogen (secondary N) is 1. The van der Waals surface area contributed by atoms with Crippen molar-refractivity contribution < 1.29 is 8.42 Å². The Hall–Kier alpha value is -2.11. The SMILES string of the molecule is O=S(=O)(Nc1cc(Cl)c2ccccc2n1)c1ccccc1. The molecular weight excluding hydrogens is 308 g/mol. The van der Waals surface area contributed by atoms with Gasteiger partial charge >= 0.3 is 0 Å². The molecule has 0 spiro atoms. The van der Waals surface area contributed by atoms with Crippen molar-refractivity contribution in [1.29, 1.82) is 0 Å². The molecule has 1 N–H and O–H groups in total. The molecule has 0 aliphatic carbocycles. The lowest BCUT2D eigenvalue weighted by Crippen LogP contribution is -2.13. The first-order chi connectivity index (χ1) is 10.1. The molecule has 6 heteroatoms. The zero-order chi connectivity index (χ0) is 14.9. The van der Waals surface area contributed by atoms with Crippen LogP contribution in [0.2, 0.25) is 5.02 Å². The van der Waals surface area contributed by atoms with Crippen LogP contribution in [0, 0.1) is 0 Å². The van der Waals surface area contributed by atoms with E-state index in [9.17, 15) is 8.42 Å². The number of para-hydroxylation sites is 1. The normalized spacial score (nSPS) is 11.5. The quantitative estimate of drug-likeness (QED) is 0.801. The molecule has 3 aromatic rings. The molecule has 0 aliphatic heterocycles. The van der Waals surface area contributed by atoms with Gasteiger partial charge in [-0.3, -0.25) is 4.72 Å². The van der Waals surface area contributed by atoms with Gasteiger partial charge in [0, 0.05) is 11.5 Å². The van der Waals surface area contributed by atoms with Gasteiger partial charge in [0.15, 0.2) is 0 Å². The van der Waals surface area contributed by atoms with Gasteiger partial charge in [-0.05, 0) is 18.2 Å². The van der Waals surface area contributed by atoms with Gasteiger partial charge in [0.2, 0.25) is 0 Å². The summed E-state index contributed by atoms with van der Waals surface area (Å²) in [7, 11) is -3.67. The molecule has 3 rings (SSSR count). The maximum Gasteiger partial charge on any atom is 0.263 e. The van der Waals surface area contributed by atoms with Gasteiger partial charge in [-0.25, -0.2) is 13.4 Å². The fraction of sp³-hybridized carbons (Fsp3) is 0. The minimum Gasteiger partial charge on any atom is -0.263 e. The number of benzene rings is 2. The molecule has 0 fully saturated rings. The van der Waals surface area contributed by atoms with Crippen LogP contribution in [0.1, 0.15) is 0 Å². The zero-order valence-electron chi connectivity index (χ0n) is 10.8. The van der Waals surface area contributed by atoms with Crippen LogP contribution in [-0.2, 0) is 10.0 Å². The van der Waals surface area contributed by atoms with Crippen molar-refractivity contribution in [3.63, 3.8) is 0 Å².